The molecule has 20 heavy (non-hydrogen) atoms. The zero-order valence-corrected chi connectivity index (χ0v) is 12.5. The van der Waals surface area contributed by atoms with Crippen LogP contribution in [-0.2, 0) is 0 Å². The molecule has 3 rings (SSSR count). The Bertz CT molecular complexity index is 597. The lowest BCUT2D eigenvalue weighted by atomic mass is 10.0. The second kappa shape index (κ2) is 5.28. The molecule has 0 bridgehead atoms. The highest BCUT2D eigenvalue weighted by Crippen LogP contribution is 2.43. The van der Waals surface area contributed by atoms with E-state index in [0.29, 0.717) is 6.04 Å². The lowest BCUT2D eigenvalue weighted by molar-refractivity contribution is 0.677. The van der Waals surface area contributed by atoms with Crippen LogP contribution in [-0.4, -0.2) is 4.98 Å². The topological polar surface area (TPSA) is 24.9 Å². The number of nitrogens with one attached hydrogen (secondary N) is 1. The van der Waals surface area contributed by atoms with Gasteiger partial charge >= 0.3 is 0 Å². The number of aryl methyl sites for hydroxylation is 3. The van der Waals surface area contributed by atoms with E-state index in [-0.39, 0.29) is 0 Å². The monoisotopic (exact) mass is 266 g/mol. The summed E-state index contributed by atoms with van der Waals surface area (Å²) in [6.07, 6.45) is 2.65. The first-order valence-corrected chi connectivity index (χ1v) is 7.41. The predicted octanol–water partition coefficient (Wildman–Crippen LogP) is 4.57. The molecule has 2 aromatic rings. The molecule has 1 heterocycles. The number of pyridine rings is 1. The van der Waals surface area contributed by atoms with E-state index >= 15 is 0 Å². The van der Waals surface area contributed by atoms with Gasteiger partial charge in [-0.15, -0.1) is 0 Å². The van der Waals surface area contributed by atoms with E-state index < -0.39 is 0 Å². The highest BCUT2D eigenvalue weighted by molar-refractivity contribution is 5.50. The van der Waals surface area contributed by atoms with E-state index in [1.807, 2.05) is 6.92 Å². The summed E-state index contributed by atoms with van der Waals surface area (Å²) < 4.78 is 0. The predicted molar refractivity (Wildman–Crippen MR) is 84.0 cm³/mol. The maximum atomic E-state index is 4.55. The molecule has 0 amide bonds. The van der Waals surface area contributed by atoms with E-state index in [4.69, 9.17) is 0 Å². The summed E-state index contributed by atoms with van der Waals surface area (Å²) in [6, 6.07) is 13.6. The van der Waals surface area contributed by atoms with Crippen molar-refractivity contribution in [1.82, 2.24) is 4.98 Å². The summed E-state index contributed by atoms with van der Waals surface area (Å²) in [5.41, 5.74) is 6.02. The lowest BCUT2D eigenvalue weighted by Gasteiger charge is -2.21. The maximum Gasteiger partial charge on any atom is 0.0607 e. The Labute approximate surface area is 121 Å². The molecule has 0 saturated heterocycles. The fraction of sp³-hybridized carbons (Fsp3) is 0.389. The molecule has 1 saturated carbocycles. The first kappa shape index (κ1) is 13.2. The van der Waals surface area contributed by atoms with Gasteiger partial charge in [0.05, 0.1) is 17.4 Å². The van der Waals surface area contributed by atoms with Crippen LogP contribution in [0, 0.1) is 26.7 Å². The fourth-order valence-electron chi connectivity index (χ4n) is 2.68. The molecule has 1 aliphatic carbocycles. The van der Waals surface area contributed by atoms with Gasteiger partial charge in [0, 0.05) is 5.69 Å². The first-order valence-electron chi connectivity index (χ1n) is 7.41. The average Bonchev–Trinajstić information content (AvgIpc) is 3.24. The van der Waals surface area contributed by atoms with E-state index in [1.165, 1.54) is 24.0 Å². The largest absolute Gasteiger partial charge is 0.376 e. The third-order valence-electron chi connectivity index (χ3n) is 4.07. The van der Waals surface area contributed by atoms with E-state index in [2.05, 4.69) is 60.5 Å². The summed E-state index contributed by atoms with van der Waals surface area (Å²) in [5, 5.41) is 3.71. The molecule has 1 aliphatic rings. The quantitative estimate of drug-likeness (QED) is 0.876. The van der Waals surface area contributed by atoms with Gasteiger partial charge in [0.15, 0.2) is 0 Å². The number of benzene rings is 1. The molecular weight excluding hydrogens is 244 g/mol. The molecule has 0 spiro atoms. The molecule has 1 aromatic carbocycles. The van der Waals surface area contributed by atoms with Crippen LogP contribution in [0.4, 0.5) is 5.69 Å². The second-order valence-electron chi connectivity index (χ2n) is 5.96. The molecular formula is C18H22N2. The van der Waals surface area contributed by atoms with Crippen LogP contribution < -0.4 is 5.32 Å². The highest BCUT2D eigenvalue weighted by Gasteiger charge is 2.32. The third-order valence-corrected chi connectivity index (χ3v) is 4.07. The minimum absolute atomic E-state index is 0.416. The lowest BCUT2D eigenvalue weighted by Crippen LogP contribution is -2.14. The van der Waals surface area contributed by atoms with Gasteiger partial charge in [-0.05, 0) is 57.2 Å². The van der Waals surface area contributed by atoms with Gasteiger partial charge in [0.2, 0.25) is 0 Å². The number of anilines is 1. The van der Waals surface area contributed by atoms with E-state index in [9.17, 15) is 0 Å². The van der Waals surface area contributed by atoms with Crippen LogP contribution in [0.5, 0.6) is 0 Å². The Morgan fingerprint density at radius 2 is 1.70 bits per heavy atom. The van der Waals surface area contributed by atoms with Crippen molar-refractivity contribution in [2.24, 2.45) is 5.92 Å². The molecule has 1 fully saturated rings. The van der Waals surface area contributed by atoms with Crippen molar-refractivity contribution < 1.29 is 0 Å². The molecule has 0 radical (unpaired) electrons. The molecule has 2 heteroatoms. The summed E-state index contributed by atoms with van der Waals surface area (Å²) in [7, 11) is 0. The number of hydrogen-bond donors (Lipinski definition) is 1. The van der Waals surface area contributed by atoms with Crippen molar-refractivity contribution >= 4 is 5.69 Å². The Hall–Kier alpha value is -1.83. The van der Waals surface area contributed by atoms with Gasteiger partial charge in [0.1, 0.15) is 0 Å². The summed E-state index contributed by atoms with van der Waals surface area (Å²) in [6.45, 7) is 6.25. The fourth-order valence-corrected chi connectivity index (χ4v) is 2.68. The van der Waals surface area contributed by atoms with E-state index in [0.717, 1.165) is 23.0 Å². The number of nitrogens with zero attached hydrogens (tertiary/aromatic N) is 1. The Kier molecular flexibility index (Phi) is 3.47. The van der Waals surface area contributed by atoms with Crippen molar-refractivity contribution in [3.63, 3.8) is 0 Å². The second-order valence-corrected chi connectivity index (χ2v) is 5.96. The SMILES string of the molecule is Cc1ccc(C(Nc2ccc(C)nc2C)C2CC2)cc1. The standard InChI is InChI=1S/C18H22N2/c1-12-4-7-15(8-5-12)18(16-9-10-16)20-17-11-6-13(2)19-14(17)3/h4-8,11,16,18,20H,9-10H2,1-3H3. The van der Waals surface area contributed by atoms with Crippen LogP contribution in [0.1, 0.15) is 41.4 Å². The third kappa shape index (κ3) is 2.84. The van der Waals surface area contributed by atoms with Crippen LogP contribution in [0.3, 0.4) is 0 Å². The normalized spacial score (nSPS) is 15.9. The van der Waals surface area contributed by atoms with Crippen molar-refractivity contribution in [2.75, 3.05) is 5.32 Å². The average molecular weight is 266 g/mol. The molecule has 1 N–H and O–H groups in total. The molecule has 2 nitrogen and oxygen atoms in total. The maximum absolute atomic E-state index is 4.55. The van der Waals surface area contributed by atoms with Gasteiger partial charge in [-0.1, -0.05) is 29.8 Å². The van der Waals surface area contributed by atoms with Crippen molar-refractivity contribution in [3.05, 3.63) is 58.9 Å². The number of hydrogen-bond acceptors (Lipinski definition) is 2. The first-order chi connectivity index (χ1) is 9.63. The minimum Gasteiger partial charge on any atom is -0.376 e. The van der Waals surface area contributed by atoms with Crippen molar-refractivity contribution in [3.8, 4) is 0 Å². The van der Waals surface area contributed by atoms with Crippen molar-refractivity contribution in [2.45, 2.75) is 39.7 Å². The Morgan fingerprint density at radius 3 is 2.30 bits per heavy atom. The summed E-state index contributed by atoms with van der Waals surface area (Å²) >= 11 is 0. The molecule has 1 unspecified atom stereocenters. The summed E-state index contributed by atoms with van der Waals surface area (Å²) in [5.74, 6) is 0.762. The van der Waals surface area contributed by atoms with Gasteiger partial charge in [-0.25, -0.2) is 0 Å². The Balaban J connectivity index is 1.86. The van der Waals surface area contributed by atoms with E-state index in [1.54, 1.807) is 0 Å². The van der Waals surface area contributed by atoms with Gasteiger partial charge < -0.3 is 5.32 Å². The molecule has 1 aromatic heterocycles. The van der Waals surface area contributed by atoms with Crippen molar-refractivity contribution in [1.29, 1.82) is 0 Å². The molecule has 0 aliphatic heterocycles. The summed E-state index contributed by atoms with van der Waals surface area (Å²) in [4.78, 5) is 4.55. The van der Waals surface area contributed by atoms with Gasteiger partial charge in [0.25, 0.3) is 0 Å². The Morgan fingerprint density at radius 1 is 1.00 bits per heavy atom. The number of rotatable bonds is 4. The minimum atomic E-state index is 0.416. The zero-order chi connectivity index (χ0) is 14.1. The van der Waals surface area contributed by atoms with Crippen LogP contribution in [0.15, 0.2) is 36.4 Å². The van der Waals surface area contributed by atoms with Crippen LogP contribution >= 0.6 is 0 Å². The van der Waals surface area contributed by atoms with Gasteiger partial charge in [-0.2, -0.15) is 0 Å². The van der Waals surface area contributed by atoms with Crippen LogP contribution in [0.2, 0.25) is 0 Å². The van der Waals surface area contributed by atoms with Gasteiger partial charge in [-0.3, -0.25) is 4.98 Å². The number of aromatic nitrogens is 1. The highest BCUT2D eigenvalue weighted by atomic mass is 15.0. The molecule has 104 valence electrons. The smallest absolute Gasteiger partial charge is 0.0607 e. The molecule has 1 atom stereocenters. The van der Waals surface area contributed by atoms with Crippen LogP contribution in [0.25, 0.3) is 0 Å². The zero-order valence-electron chi connectivity index (χ0n) is 12.5.